The summed E-state index contributed by atoms with van der Waals surface area (Å²) < 4.78 is 7.27. The van der Waals surface area contributed by atoms with Gasteiger partial charge in [0.15, 0.2) is 0 Å². The van der Waals surface area contributed by atoms with Crippen LogP contribution in [0.2, 0.25) is 5.02 Å². The molecule has 3 aromatic rings. The molecular formula is C25H30ClN5O2. The van der Waals surface area contributed by atoms with Crippen LogP contribution in [0, 0.1) is 6.92 Å². The number of piperidine rings is 1. The summed E-state index contributed by atoms with van der Waals surface area (Å²) in [5, 5.41) is 4.36. The van der Waals surface area contributed by atoms with E-state index in [-0.39, 0.29) is 16.6 Å². The number of nitrogens with zero attached hydrogens (tertiary/aromatic N) is 4. The van der Waals surface area contributed by atoms with Gasteiger partial charge in [-0.2, -0.15) is 4.98 Å². The Bertz CT molecular complexity index is 1210. The van der Waals surface area contributed by atoms with Crippen molar-refractivity contribution >= 4 is 40.0 Å². The van der Waals surface area contributed by atoms with Gasteiger partial charge in [-0.15, -0.1) is 0 Å². The quantitative estimate of drug-likeness (QED) is 0.554. The normalized spacial score (nSPS) is 17.7. The lowest BCUT2D eigenvalue weighted by Gasteiger charge is -2.33. The van der Waals surface area contributed by atoms with Crippen LogP contribution in [-0.2, 0) is 4.74 Å². The molecule has 1 aliphatic heterocycles. The molecule has 8 heteroatoms. The van der Waals surface area contributed by atoms with Crippen molar-refractivity contribution in [3.8, 4) is 0 Å². The lowest BCUT2D eigenvalue weighted by Crippen LogP contribution is -2.36. The van der Waals surface area contributed by atoms with Crippen molar-refractivity contribution in [1.29, 1.82) is 0 Å². The van der Waals surface area contributed by atoms with Crippen LogP contribution in [0.15, 0.2) is 35.3 Å². The minimum atomic E-state index is -0.168. The number of fused-ring (bicyclic) bond motifs is 1. The van der Waals surface area contributed by atoms with Crippen molar-refractivity contribution in [3.05, 3.63) is 51.4 Å². The molecule has 0 spiro atoms. The average molecular weight is 468 g/mol. The highest BCUT2D eigenvalue weighted by Crippen LogP contribution is 2.32. The van der Waals surface area contributed by atoms with Gasteiger partial charge in [-0.1, -0.05) is 24.4 Å². The number of hydrogen-bond acceptors (Lipinski definition) is 6. The van der Waals surface area contributed by atoms with Crippen LogP contribution in [0.5, 0.6) is 0 Å². The molecule has 0 bridgehead atoms. The van der Waals surface area contributed by atoms with Gasteiger partial charge in [0.05, 0.1) is 6.10 Å². The minimum Gasteiger partial charge on any atom is -0.381 e. The molecule has 0 amide bonds. The predicted octanol–water partition coefficient (Wildman–Crippen LogP) is 5.23. The van der Waals surface area contributed by atoms with Crippen LogP contribution in [0.25, 0.3) is 11.0 Å². The summed E-state index contributed by atoms with van der Waals surface area (Å²) in [7, 11) is 1.79. The summed E-state index contributed by atoms with van der Waals surface area (Å²) in [6.07, 6.45) is 8.40. The third-order valence-electron chi connectivity index (χ3n) is 7.02. The Morgan fingerprint density at radius 1 is 1.12 bits per heavy atom. The van der Waals surface area contributed by atoms with Crippen molar-refractivity contribution in [1.82, 2.24) is 14.5 Å². The minimum absolute atomic E-state index is 0.143. The first-order valence-corrected chi connectivity index (χ1v) is 12.1. The Morgan fingerprint density at radius 2 is 1.88 bits per heavy atom. The lowest BCUT2D eigenvalue weighted by atomic mass is 10.1. The summed E-state index contributed by atoms with van der Waals surface area (Å²) in [4.78, 5) is 24.5. The average Bonchev–Trinajstić information content (AvgIpc) is 3.36. The number of hydrogen-bond donors (Lipinski definition) is 1. The molecule has 0 unspecified atom stereocenters. The maximum absolute atomic E-state index is 12.9. The summed E-state index contributed by atoms with van der Waals surface area (Å²) in [6, 6.07) is 8.22. The van der Waals surface area contributed by atoms with Gasteiger partial charge in [-0.25, -0.2) is 4.98 Å². The molecule has 0 radical (unpaired) electrons. The number of pyridine rings is 1. The van der Waals surface area contributed by atoms with Crippen molar-refractivity contribution < 1.29 is 4.74 Å². The molecule has 1 aromatic carbocycles. The molecule has 2 aromatic heterocycles. The molecule has 1 aliphatic carbocycles. The smallest absolute Gasteiger partial charge is 0.271 e. The fourth-order valence-corrected chi connectivity index (χ4v) is 5.31. The van der Waals surface area contributed by atoms with E-state index in [1.165, 1.54) is 5.69 Å². The number of aromatic nitrogens is 3. The molecule has 7 nitrogen and oxygen atoms in total. The predicted molar refractivity (Wildman–Crippen MR) is 133 cm³/mol. The summed E-state index contributed by atoms with van der Waals surface area (Å²) in [6.45, 7) is 4.09. The van der Waals surface area contributed by atoms with E-state index in [1.807, 2.05) is 0 Å². The van der Waals surface area contributed by atoms with Crippen LogP contribution in [0.4, 0.5) is 17.3 Å². The molecule has 2 fully saturated rings. The van der Waals surface area contributed by atoms with Crippen molar-refractivity contribution in [2.24, 2.45) is 0 Å². The van der Waals surface area contributed by atoms with E-state index < -0.39 is 0 Å². The monoisotopic (exact) mass is 467 g/mol. The zero-order valence-corrected chi connectivity index (χ0v) is 19.9. The van der Waals surface area contributed by atoms with Crippen molar-refractivity contribution in [2.75, 3.05) is 30.4 Å². The summed E-state index contributed by atoms with van der Waals surface area (Å²) in [5.41, 5.74) is 3.77. The largest absolute Gasteiger partial charge is 0.381 e. The second-order valence-electron chi connectivity index (χ2n) is 9.12. The third kappa shape index (κ3) is 4.44. The zero-order chi connectivity index (χ0) is 22.9. The van der Waals surface area contributed by atoms with E-state index in [0.717, 1.165) is 68.3 Å². The van der Waals surface area contributed by atoms with E-state index in [1.54, 1.807) is 23.9 Å². The number of methoxy groups -OCH3 is 1. The summed E-state index contributed by atoms with van der Waals surface area (Å²) in [5.74, 6) is 0.479. The van der Waals surface area contributed by atoms with Crippen LogP contribution in [0.3, 0.4) is 0 Å². The summed E-state index contributed by atoms with van der Waals surface area (Å²) >= 11 is 6.24. The van der Waals surface area contributed by atoms with E-state index in [2.05, 4.69) is 40.3 Å². The molecule has 174 valence electrons. The number of benzene rings is 1. The molecular weight excluding hydrogens is 438 g/mol. The maximum atomic E-state index is 12.9. The standard InChI is InChI=1S/C25H30ClN5O2/c1-16-13-19(30-11-9-20(33-2)10-12-30)7-8-22(16)28-25-27-15-17-14-21(26)24(32)31(23(17)29-25)18-5-3-4-6-18/h7-8,13-15,18,20H,3-6,9-12H2,1-2H3,(H,27,28,29). The molecule has 3 heterocycles. The van der Waals surface area contributed by atoms with Gasteiger partial charge >= 0.3 is 0 Å². The van der Waals surface area contributed by atoms with Gasteiger partial charge in [-0.3, -0.25) is 9.36 Å². The van der Waals surface area contributed by atoms with Crippen molar-refractivity contribution in [2.45, 2.75) is 57.6 Å². The third-order valence-corrected chi connectivity index (χ3v) is 7.29. The van der Waals surface area contributed by atoms with E-state index in [0.29, 0.717) is 17.7 Å². The van der Waals surface area contributed by atoms with Gasteiger partial charge in [0.2, 0.25) is 5.95 Å². The SMILES string of the molecule is COC1CCN(c2ccc(Nc3ncc4cc(Cl)c(=O)n(C5CCCC5)c4n3)c(C)c2)CC1. The number of halogens is 1. The maximum Gasteiger partial charge on any atom is 0.271 e. The van der Waals surface area contributed by atoms with Gasteiger partial charge < -0.3 is 15.0 Å². The Balaban J connectivity index is 1.42. The molecule has 5 rings (SSSR count). The fourth-order valence-electron chi connectivity index (χ4n) is 5.10. The second kappa shape index (κ2) is 9.31. The van der Waals surface area contributed by atoms with Crippen LogP contribution in [0.1, 0.15) is 50.1 Å². The number of nitrogens with one attached hydrogen (secondary N) is 1. The Hall–Kier alpha value is -2.64. The Kier molecular flexibility index (Phi) is 6.25. The first-order chi connectivity index (χ1) is 16.0. The number of anilines is 3. The first-order valence-electron chi connectivity index (χ1n) is 11.8. The molecule has 1 saturated carbocycles. The highest BCUT2D eigenvalue weighted by atomic mass is 35.5. The Morgan fingerprint density at radius 3 is 2.58 bits per heavy atom. The molecule has 1 N–H and O–H groups in total. The number of rotatable bonds is 5. The second-order valence-corrected chi connectivity index (χ2v) is 9.53. The topological polar surface area (TPSA) is 72.3 Å². The molecule has 2 aliphatic rings. The zero-order valence-electron chi connectivity index (χ0n) is 19.2. The van der Waals surface area contributed by atoms with E-state index >= 15 is 0 Å². The van der Waals surface area contributed by atoms with Gasteiger partial charge in [0.25, 0.3) is 5.56 Å². The van der Waals surface area contributed by atoms with Crippen molar-refractivity contribution in [3.63, 3.8) is 0 Å². The highest BCUT2D eigenvalue weighted by Gasteiger charge is 2.23. The van der Waals surface area contributed by atoms with Gasteiger partial charge in [-0.05, 0) is 62.4 Å². The fraction of sp³-hybridized carbons (Fsp3) is 0.480. The molecule has 1 saturated heterocycles. The Labute approximate surface area is 198 Å². The number of ether oxygens (including phenoxy) is 1. The van der Waals surface area contributed by atoms with E-state index in [4.69, 9.17) is 21.3 Å². The lowest BCUT2D eigenvalue weighted by molar-refractivity contribution is 0.0819. The number of aryl methyl sites for hydroxylation is 1. The van der Waals surface area contributed by atoms with Crippen LogP contribution >= 0.6 is 11.6 Å². The van der Waals surface area contributed by atoms with Gasteiger partial charge in [0.1, 0.15) is 10.7 Å². The molecule has 33 heavy (non-hydrogen) atoms. The van der Waals surface area contributed by atoms with E-state index in [9.17, 15) is 4.79 Å². The van der Waals surface area contributed by atoms with Gasteiger partial charge in [0, 0.05) is 49.2 Å². The molecule has 0 atom stereocenters. The van der Waals surface area contributed by atoms with Crippen LogP contribution in [-0.4, -0.2) is 40.8 Å². The van der Waals surface area contributed by atoms with Crippen LogP contribution < -0.4 is 15.8 Å². The first kappa shape index (κ1) is 22.2. The highest BCUT2D eigenvalue weighted by molar-refractivity contribution is 6.31.